The molecule has 0 radical (unpaired) electrons. The maximum absolute atomic E-state index is 13.8. The first-order valence-corrected chi connectivity index (χ1v) is 14.2. The van der Waals surface area contributed by atoms with Gasteiger partial charge in [0.15, 0.2) is 12.4 Å². The second kappa shape index (κ2) is 10.9. The number of carbonyl (C=O) groups is 1. The van der Waals surface area contributed by atoms with Crippen molar-refractivity contribution in [2.24, 2.45) is 5.41 Å². The molecule has 0 bridgehead atoms. The topological polar surface area (TPSA) is 145 Å². The average Bonchev–Trinajstić information content (AvgIpc) is 3.71. The molecule has 13 heteroatoms. The van der Waals surface area contributed by atoms with Crippen molar-refractivity contribution < 1.29 is 32.9 Å². The molecule has 0 saturated heterocycles. The number of aryl methyl sites for hydroxylation is 1. The second-order valence-corrected chi connectivity index (χ2v) is 11.7. The predicted octanol–water partition coefficient (Wildman–Crippen LogP) is 3.34. The number of halogens is 3. The van der Waals surface area contributed by atoms with Crippen LogP contribution in [0, 0.1) is 16.7 Å². The lowest BCUT2D eigenvalue weighted by molar-refractivity contribution is -0.153. The zero-order valence-corrected chi connectivity index (χ0v) is 23.2. The number of fused-ring (bicyclic) bond motifs is 3. The Bertz CT molecular complexity index is 1580. The van der Waals surface area contributed by atoms with Crippen LogP contribution in [0.5, 0.6) is 5.75 Å². The number of aromatic nitrogens is 3. The summed E-state index contributed by atoms with van der Waals surface area (Å²) in [7, 11) is 0. The number of nitrogens with zero attached hydrogens (tertiary/aromatic N) is 4. The molecule has 10 nitrogen and oxygen atoms in total. The minimum atomic E-state index is -4.45. The summed E-state index contributed by atoms with van der Waals surface area (Å²) in [4.78, 5) is 18.1. The number of carbonyl (C=O) groups excluding carboxylic acids is 1. The first-order valence-electron chi connectivity index (χ1n) is 14.2. The van der Waals surface area contributed by atoms with Gasteiger partial charge in [-0.25, -0.2) is 9.67 Å². The number of hydrogen-bond donors (Lipinski definition) is 4. The quantitative estimate of drug-likeness (QED) is 0.325. The predicted molar refractivity (Wildman–Crippen MR) is 146 cm³/mol. The summed E-state index contributed by atoms with van der Waals surface area (Å²) in [6.45, 7) is -1.16. The van der Waals surface area contributed by atoms with Gasteiger partial charge < -0.3 is 20.3 Å². The molecular weight excluding hydrogens is 565 g/mol. The van der Waals surface area contributed by atoms with Crippen LogP contribution in [0.25, 0.3) is 5.82 Å². The Hall–Kier alpha value is -3.99. The van der Waals surface area contributed by atoms with Gasteiger partial charge >= 0.3 is 6.18 Å². The molecule has 226 valence electrons. The monoisotopic (exact) mass is 596 g/mol. The number of rotatable bonds is 7. The fourth-order valence-electron chi connectivity index (χ4n) is 6.71. The summed E-state index contributed by atoms with van der Waals surface area (Å²) in [5, 5.41) is 41.7. The molecule has 1 saturated carbocycles. The van der Waals surface area contributed by atoms with Gasteiger partial charge in [0.25, 0.3) is 5.91 Å². The average molecular weight is 597 g/mol. The number of alkyl halides is 3. The maximum Gasteiger partial charge on any atom is 0.422 e. The minimum absolute atomic E-state index is 0.0447. The van der Waals surface area contributed by atoms with E-state index in [2.05, 4.69) is 15.6 Å². The number of hydrogen-bond acceptors (Lipinski definition) is 8. The van der Waals surface area contributed by atoms with E-state index in [0.29, 0.717) is 36.1 Å². The summed E-state index contributed by atoms with van der Waals surface area (Å²) in [5.41, 5.74) is 1.68. The number of ether oxygens (including phenoxy) is 1. The van der Waals surface area contributed by atoms with Crippen LogP contribution in [0.2, 0.25) is 0 Å². The van der Waals surface area contributed by atoms with E-state index in [1.165, 1.54) is 16.9 Å². The van der Waals surface area contributed by atoms with Crippen molar-refractivity contribution in [2.75, 3.05) is 19.8 Å². The fraction of sp³-hybridized carbons (Fsp3) is 0.467. The summed E-state index contributed by atoms with van der Waals surface area (Å²) in [6, 6.07) is 9.94. The lowest BCUT2D eigenvalue weighted by Crippen LogP contribution is -2.48. The molecular formula is C30H31F3N6O4. The number of benzene rings is 1. The van der Waals surface area contributed by atoms with Crippen molar-refractivity contribution in [1.29, 1.82) is 5.26 Å². The van der Waals surface area contributed by atoms with Crippen molar-refractivity contribution in [2.45, 2.75) is 62.9 Å². The zero-order chi connectivity index (χ0) is 30.4. The van der Waals surface area contributed by atoms with Gasteiger partial charge in [0, 0.05) is 24.6 Å². The highest BCUT2D eigenvalue weighted by molar-refractivity contribution is 5.95. The van der Waals surface area contributed by atoms with Crippen molar-refractivity contribution in [3.63, 3.8) is 0 Å². The number of aliphatic hydroxyl groups is 2. The van der Waals surface area contributed by atoms with Gasteiger partial charge in [0.2, 0.25) is 0 Å². The third-order valence-corrected chi connectivity index (χ3v) is 8.90. The van der Waals surface area contributed by atoms with E-state index in [1.54, 1.807) is 24.3 Å². The second-order valence-electron chi connectivity index (χ2n) is 11.7. The van der Waals surface area contributed by atoms with Gasteiger partial charge in [0.1, 0.15) is 23.7 Å². The van der Waals surface area contributed by atoms with Gasteiger partial charge in [-0.15, -0.1) is 0 Å². The van der Waals surface area contributed by atoms with E-state index in [9.17, 15) is 33.4 Å². The highest BCUT2D eigenvalue weighted by Gasteiger charge is 2.47. The van der Waals surface area contributed by atoms with Gasteiger partial charge in [-0.05, 0) is 61.1 Å². The Morgan fingerprint density at radius 2 is 2.02 bits per heavy atom. The molecule has 1 aliphatic heterocycles. The van der Waals surface area contributed by atoms with E-state index in [1.807, 2.05) is 6.07 Å². The van der Waals surface area contributed by atoms with E-state index < -0.39 is 35.9 Å². The number of aliphatic hydroxyl groups excluding tert-OH is 2. The molecule has 4 N–H and O–H groups in total. The third-order valence-electron chi connectivity index (χ3n) is 8.90. The Morgan fingerprint density at radius 1 is 1.23 bits per heavy atom. The lowest BCUT2D eigenvalue weighted by atomic mass is 9.82. The number of pyridine rings is 1. The third kappa shape index (κ3) is 5.46. The molecule has 1 fully saturated rings. The maximum atomic E-state index is 13.8. The first kappa shape index (κ1) is 29.1. The minimum Gasteiger partial charge on any atom is -0.484 e. The Morgan fingerprint density at radius 3 is 2.70 bits per heavy atom. The van der Waals surface area contributed by atoms with Crippen molar-refractivity contribution in [3.05, 3.63) is 70.2 Å². The summed E-state index contributed by atoms with van der Waals surface area (Å²) >= 11 is 0. The van der Waals surface area contributed by atoms with Gasteiger partial charge in [-0.3, -0.25) is 10.1 Å². The first-order chi connectivity index (χ1) is 20.6. The highest BCUT2D eigenvalue weighted by Crippen LogP contribution is 2.46. The standard InChI is InChI=1S/C30H31F3N6O4/c31-30(32,33)17-43-20-4-5-21-19(11-20)7-10-29(21)12-22-24(26(41)37-29)25(27(42)36-15-28(16-40)8-1-2-9-28)39(38-22)23-6-3-18(13-34)14-35-23/h3-6,11,14,26,37,40-41H,1-2,7-10,12,15-17H2,(H,36,42)/t26?,29-/m0/s1. The molecule has 3 aliphatic rings. The van der Waals surface area contributed by atoms with Crippen molar-refractivity contribution >= 4 is 5.91 Å². The molecule has 6 rings (SSSR count). The molecule has 2 atom stereocenters. The van der Waals surface area contributed by atoms with Crippen LogP contribution in [-0.4, -0.2) is 56.8 Å². The smallest absolute Gasteiger partial charge is 0.422 e. The molecule has 1 amide bonds. The van der Waals surface area contributed by atoms with Crippen molar-refractivity contribution in [3.8, 4) is 17.6 Å². The summed E-state index contributed by atoms with van der Waals surface area (Å²) < 4.78 is 44.3. The molecule has 3 heterocycles. The molecule has 2 aliphatic carbocycles. The SMILES string of the molecule is N#Cc1ccc(-n2nc3c(c2C(=O)NCC2(CO)CCCC2)C(O)N[C@@]2(CCc4cc(OCC(F)(F)F)ccc42)C3)nc1. The van der Waals surface area contributed by atoms with E-state index >= 15 is 0 Å². The summed E-state index contributed by atoms with van der Waals surface area (Å²) in [6.07, 6.45) is 0.573. The van der Waals surface area contributed by atoms with Crippen LogP contribution in [0.15, 0.2) is 36.5 Å². The summed E-state index contributed by atoms with van der Waals surface area (Å²) in [5.74, 6) is -0.0752. The van der Waals surface area contributed by atoms with Crippen LogP contribution >= 0.6 is 0 Å². The number of nitriles is 1. The molecule has 1 unspecified atom stereocenters. The van der Waals surface area contributed by atoms with Gasteiger partial charge in [-0.1, -0.05) is 18.9 Å². The Labute approximate surface area is 245 Å². The highest BCUT2D eigenvalue weighted by atomic mass is 19.4. The molecule has 2 aromatic heterocycles. The lowest BCUT2D eigenvalue weighted by Gasteiger charge is -2.38. The van der Waals surface area contributed by atoms with Crippen molar-refractivity contribution in [1.82, 2.24) is 25.4 Å². The normalized spacial score (nSPS) is 22.2. The number of amides is 1. The molecule has 1 aromatic carbocycles. The Kier molecular flexibility index (Phi) is 7.40. The van der Waals surface area contributed by atoms with Crippen LogP contribution in [0.1, 0.15) is 76.8 Å². The van der Waals surface area contributed by atoms with Crippen LogP contribution in [0.4, 0.5) is 13.2 Å². The molecule has 1 spiro atoms. The fourth-order valence-corrected chi connectivity index (χ4v) is 6.71. The van der Waals surface area contributed by atoms with Crippen LogP contribution in [-0.2, 0) is 18.4 Å². The molecule has 43 heavy (non-hydrogen) atoms. The van der Waals surface area contributed by atoms with Crippen LogP contribution in [0.3, 0.4) is 0 Å². The molecule has 3 aromatic rings. The zero-order valence-electron chi connectivity index (χ0n) is 23.2. The largest absolute Gasteiger partial charge is 0.484 e. The number of nitrogens with one attached hydrogen (secondary N) is 2. The van der Waals surface area contributed by atoms with E-state index in [0.717, 1.165) is 36.8 Å². The van der Waals surface area contributed by atoms with E-state index in [4.69, 9.17) is 9.84 Å². The van der Waals surface area contributed by atoms with Gasteiger partial charge in [-0.2, -0.15) is 23.5 Å². The van der Waals surface area contributed by atoms with Crippen LogP contribution < -0.4 is 15.4 Å². The van der Waals surface area contributed by atoms with E-state index in [-0.39, 0.29) is 30.4 Å². The Balaban J connectivity index is 1.35. The van der Waals surface area contributed by atoms with Gasteiger partial charge in [0.05, 0.1) is 29.0 Å².